The molecule has 2 rings (SSSR count). The molecule has 1 saturated heterocycles. The largest absolute Gasteiger partial charge is 0.345 e. The van der Waals surface area contributed by atoms with E-state index >= 15 is 0 Å². The number of carbonyl (C=O) groups is 1. The van der Waals surface area contributed by atoms with E-state index in [1.165, 1.54) is 24.0 Å². The van der Waals surface area contributed by atoms with Crippen molar-refractivity contribution in [1.29, 1.82) is 0 Å². The lowest BCUT2D eigenvalue weighted by molar-refractivity contribution is 0.0827. The lowest BCUT2D eigenvalue weighted by atomic mass is 9.88. The van der Waals surface area contributed by atoms with Gasteiger partial charge in [0.15, 0.2) is 0 Å². The zero-order valence-corrected chi connectivity index (χ0v) is 12.7. The van der Waals surface area contributed by atoms with Gasteiger partial charge in [-0.1, -0.05) is 11.6 Å². The van der Waals surface area contributed by atoms with Crippen LogP contribution >= 0.6 is 12.4 Å². The average Bonchev–Trinajstić information content (AvgIpc) is 2.38. The van der Waals surface area contributed by atoms with Gasteiger partial charge in [-0.05, 0) is 56.5 Å². The fraction of sp³-hybridized carbons (Fsp3) is 0.533. The summed E-state index contributed by atoms with van der Waals surface area (Å²) in [7, 11) is 3.60. The number of carbonyl (C=O) groups excluding carboxylic acids is 1. The minimum absolute atomic E-state index is 0. The van der Waals surface area contributed by atoms with Crippen LogP contribution in [0.3, 0.4) is 0 Å². The van der Waals surface area contributed by atoms with Crippen molar-refractivity contribution < 1.29 is 4.79 Å². The molecule has 0 radical (unpaired) electrons. The monoisotopic (exact) mass is 282 g/mol. The summed E-state index contributed by atoms with van der Waals surface area (Å²) in [6.07, 6.45) is 2.33. The zero-order valence-electron chi connectivity index (χ0n) is 11.9. The van der Waals surface area contributed by atoms with E-state index in [1.807, 2.05) is 6.07 Å². The molecular formula is C15H23ClN2O. The maximum Gasteiger partial charge on any atom is 0.253 e. The summed E-state index contributed by atoms with van der Waals surface area (Å²) >= 11 is 0. The Morgan fingerprint density at radius 2 is 1.84 bits per heavy atom. The molecule has 0 aromatic heterocycles. The molecule has 1 fully saturated rings. The fourth-order valence-corrected chi connectivity index (χ4v) is 2.59. The van der Waals surface area contributed by atoms with Crippen LogP contribution in [0.2, 0.25) is 0 Å². The molecular weight excluding hydrogens is 260 g/mol. The molecule has 0 spiro atoms. The minimum atomic E-state index is 0. The molecule has 19 heavy (non-hydrogen) atoms. The van der Waals surface area contributed by atoms with E-state index in [9.17, 15) is 4.79 Å². The fourth-order valence-electron chi connectivity index (χ4n) is 2.59. The third-order valence-electron chi connectivity index (χ3n) is 3.56. The number of amides is 1. The van der Waals surface area contributed by atoms with Gasteiger partial charge in [-0.3, -0.25) is 4.79 Å². The molecule has 0 atom stereocenters. The molecule has 4 heteroatoms. The van der Waals surface area contributed by atoms with Crippen molar-refractivity contribution >= 4 is 18.3 Å². The maximum atomic E-state index is 12.0. The Morgan fingerprint density at radius 3 is 2.42 bits per heavy atom. The smallest absolute Gasteiger partial charge is 0.253 e. The summed E-state index contributed by atoms with van der Waals surface area (Å²) in [4.78, 5) is 13.7. The van der Waals surface area contributed by atoms with Crippen LogP contribution in [-0.2, 0) is 0 Å². The summed E-state index contributed by atoms with van der Waals surface area (Å²) < 4.78 is 0. The van der Waals surface area contributed by atoms with Crippen LogP contribution in [0.1, 0.15) is 40.2 Å². The molecule has 1 amide bonds. The predicted molar refractivity (Wildman–Crippen MR) is 81.3 cm³/mol. The van der Waals surface area contributed by atoms with E-state index in [-0.39, 0.29) is 18.3 Å². The van der Waals surface area contributed by atoms with Crippen molar-refractivity contribution in [3.8, 4) is 0 Å². The second kappa shape index (κ2) is 6.92. The summed E-state index contributed by atoms with van der Waals surface area (Å²) in [5, 5.41) is 3.38. The number of nitrogens with one attached hydrogen (secondary N) is 1. The van der Waals surface area contributed by atoms with Gasteiger partial charge in [0.05, 0.1) is 0 Å². The molecule has 0 bridgehead atoms. The number of rotatable bonds is 2. The van der Waals surface area contributed by atoms with Gasteiger partial charge >= 0.3 is 0 Å². The molecule has 106 valence electrons. The summed E-state index contributed by atoms with van der Waals surface area (Å²) in [6.45, 7) is 4.22. The Bertz CT molecular complexity index is 440. The standard InChI is InChI=1S/C15H22N2O.ClH/c1-11-8-13(12-4-6-16-7-5-12)10-14(9-11)15(18)17(2)3;/h8-10,12,16H,4-7H2,1-3H3;1H. The Labute approximate surface area is 121 Å². The third kappa shape index (κ3) is 3.95. The van der Waals surface area contributed by atoms with Crippen LogP contribution < -0.4 is 5.32 Å². The minimum Gasteiger partial charge on any atom is -0.345 e. The first-order valence-corrected chi connectivity index (χ1v) is 6.62. The Morgan fingerprint density at radius 1 is 1.21 bits per heavy atom. The van der Waals surface area contributed by atoms with Crippen molar-refractivity contribution in [1.82, 2.24) is 10.2 Å². The molecule has 1 heterocycles. The Kier molecular flexibility index (Phi) is 5.83. The lowest BCUT2D eigenvalue weighted by Gasteiger charge is -2.24. The predicted octanol–water partition coefficient (Wildman–Crippen LogP) is 2.59. The van der Waals surface area contributed by atoms with Gasteiger partial charge in [0.25, 0.3) is 5.91 Å². The average molecular weight is 283 g/mol. The van der Waals surface area contributed by atoms with E-state index in [4.69, 9.17) is 0 Å². The van der Waals surface area contributed by atoms with Crippen LogP contribution in [0.25, 0.3) is 0 Å². The van der Waals surface area contributed by atoms with Gasteiger partial charge in [-0.15, -0.1) is 12.4 Å². The van der Waals surface area contributed by atoms with Crippen LogP contribution in [0.4, 0.5) is 0 Å². The summed E-state index contributed by atoms with van der Waals surface area (Å²) in [6, 6.07) is 6.28. The number of piperidine rings is 1. The topological polar surface area (TPSA) is 32.3 Å². The zero-order chi connectivity index (χ0) is 13.1. The van der Waals surface area contributed by atoms with E-state index in [0.717, 1.165) is 18.7 Å². The van der Waals surface area contributed by atoms with Crippen molar-refractivity contribution in [2.24, 2.45) is 0 Å². The number of hydrogen-bond acceptors (Lipinski definition) is 2. The highest BCUT2D eigenvalue weighted by atomic mass is 35.5. The quantitative estimate of drug-likeness (QED) is 0.904. The maximum absolute atomic E-state index is 12.0. The molecule has 0 aliphatic carbocycles. The summed E-state index contributed by atoms with van der Waals surface area (Å²) in [5.41, 5.74) is 3.31. The van der Waals surface area contributed by atoms with Gasteiger partial charge in [0.2, 0.25) is 0 Å². The normalized spacial score (nSPS) is 15.7. The first-order chi connectivity index (χ1) is 8.58. The number of aryl methyl sites for hydroxylation is 1. The first-order valence-electron chi connectivity index (χ1n) is 6.62. The van der Waals surface area contributed by atoms with Gasteiger partial charge in [0, 0.05) is 19.7 Å². The molecule has 1 aliphatic heterocycles. The molecule has 0 saturated carbocycles. The van der Waals surface area contributed by atoms with E-state index in [1.54, 1.807) is 19.0 Å². The van der Waals surface area contributed by atoms with Crippen molar-refractivity contribution in [2.75, 3.05) is 27.2 Å². The number of halogens is 1. The van der Waals surface area contributed by atoms with Gasteiger partial charge in [0.1, 0.15) is 0 Å². The molecule has 1 aromatic rings. The number of nitrogens with zero attached hydrogens (tertiary/aromatic N) is 1. The van der Waals surface area contributed by atoms with E-state index in [0.29, 0.717) is 5.92 Å². The molecule has 3 nitrogen and oxygen atoms in total. The van der Waals surface area contributed by atoms with E-state index < -0.39 is 0 Å². The molecule has 1 aromatic carbocycles. The lowest BCUT2D eigenvalue weighted by Crippen LogP contribution is -2.27. The molecule has 1 N–H and O–H groups in total. The Balaban J connectivity index is 0.00000180. The van der Waals surface area contributed by atoms with Crippen LogP contribution in [0.15, 0.2) is 18.2 Å². The van der Waals surface area contributed by atoms with Crippen molar-refractivity contribution in [3.05, 3.63) is 34.9 Å². The SMILES string of the molecule is Cc1cc(C(=O)N(C)C)cc(C2CCNCC2)c1.Cl. The summed E-state index contributed by atoms with van der Waals surface area (Å²) in [5.74, 6) is 0.689. The van der Waals surface area contributed by atoms with Crippen molar-refractivity contribution in [2.45, 2.75) is 25.7 Å². The van der Waals surface area contributed by atoms with E-state index in [2.05, 4.69) is 24.4 Å². The van der Waals surface area contributed by atoms with Crippen LogP contribution in [0, 0.1) is 6.92 Å². The number of hydrogen-bond donors (Lipinski definition) is 1. The molecule has 0 unspecified atom stereocenters. The Hall–Kier alpha value is -1.06. The van der Waals surface area contributed by atoms with Gasteiger partial charge in [-0.25, -0.2) is 0 Å². The third-order valence-corrected chi connectivity index (χ3v) is 3.56. The van der Waals surface area contributed by atoms with Gasteiger partial charge < -0.3 is 10.2 Å². The highest BCUT2D eigenvalue weighted by Gasteiger charge is 2.17. The first kappa shape index (κ1) is 16.0. The second-order valence-corrected chi connectivity index (χ2v) is 5.36. The number of benzene rings is 1. The van der Waals surface area contributed by atoms with Crippen LogP contribution in [0.5, 0.6) is 0 Å². The highest BCUT2D eigenvalue weighted by molar-refractivity contribution is 5.94. The van der Waals surface area contributed by atoms with Crippen LogP contribution in [-0.4, -0.2) is 38.0 Å². The highest BCUT2D eigenvalue weighted by Crippen LogP contribution is 2.27. The molecule has 1 aliphatic rings. The second-order valence-electron chi connectivity index (χ2n) is 5.36. The van der Waals surface area contributed by atoms with Gasteiger partial charge in [-0.2, -0.15) is 0 Å². The van der Waals surface area contributed by atoms with Crippen molar-refractivity contribution in [3.63, 3.8) is 0 Å².